The van der Waals surface area contributed by atoms with Gasteiger partial charge in [-0.2, -0.15) is 9.97 Å². The molecule has 0 aliphatic rings. The fourth-order valence-corrected chi connectivity index (χ4v) is 2.13. The van der Waals surface area contributed by atoms with Crippen LogP contribution in [0.2, 0.25) is 0 Å². The zero-order valence-electron chi connectivity index (χ0n) is 12.8. The highest BCUT2D eigenvalue weighted by Gasteiger charge is 2.13. The number of aromatic nitrogens is 3. The molecule has 0 saturated carbocycles. The highest BCUT2D eigenvalue weighted by atomic mass is 79.9. The molecule has 1 N–H and O–H groups in total. The summed E-state index contributed by atoms with van der Waals surface area (Å²) in [4.78, 5) is 24.3. The maximum absolute atomic E-state index is 12.3. The molecule has 9 heteroatoms. The van der Waals surface area contributed by atoms with Gasteiger partial charge in [-0.05, 0) is 34.1 Å². The van der Waals surface area contributed by atoms with Crippen molar-refractivity contribution in [2.75, 3.05) is 21.3 Å². The average molecular weight is 383 g/mol. The maximum atomic E-state index is 12.3. The van der Waals surface area contributed by atoms with Crippen molar-refractivity contribution < 1.29 is 19.0 Å². The Morgan fingerprint density at radius 2 is 1.74 bits per heavy atom. The Hall–Kier alpha value is -2.42. The van der Waals surface area contributed by atoms with Gasteiger partial charge in [-0.15, -0.1) is 4.98 Å². The first-order valence-corrected chi connectivity index (χ1v) is 7.31. The maximum Gasteiger partial charge on any atom is 0.322 e. The predicted octanol–water partition coefficient (Wildman–Crippen LogP) is 1.59. The summed E-state index contributed by atoms with van der Waals surface area (Å²) in [6, 6.07) is 5.35. The van der Waals surface area contributed by atoms with Gasteiger partial charge in [0, 0.05) is 4.47 Å². The van der Waals surface area contributed by atoms with Crippen molar-refractivity contribution in [3.63, 3.8) is 0 Å². The smallest absolute Gasteiger partial charge is 0.322 e. The molecule has 0 unspecified atom stereocenters. The summed E-state index contributed by atoms with van der Waals surface area (Å²) in [6.45, 7) is 0.0950. The van der Waals surface area contributed by atoms with Crippen LogP contribution in [0.15, 0.2) is 22.7 Å². The van der Waals surface area contributed by atoms with E-state index in [0.717, 1.165) is 0 Å². The van der Waals surface area contributed by atoms with E-state index in [4.69, 9.17) is 14.2 Å². The summed E-state index contributed by atoms with van der Waals surface area (Å²) in [6.07, 6.45) is 0. The number of rotatable bonds is 6. The van der Waals surface area contributed by atoms with Crippen molar-refractivity contribution in [2.45, 2.75) is 6.54 Å². The highest BCUT2D eigenvalue weighted by Crippen LogP contribution is 2.22. The van der Waals surface area contributed by atoms with Crippen LogP contribution < -0.4 is 19.5 Å². The minimum Gasteiger partial charge on any atom is -0.497 e. The molecule has 8 nitrogen and oxygen atoms in total. The third-order valence-electron chi connectivity index (χ3n) is 2.83. The third-order valence-corrected chi connectivity index (χ3v) is 3.52. The van der Waals surface area contributed by atoms with E-state index in [1.807, 2.05) is 0 Å². The second-order valence-corrected chi connectivity index (χ2v) is 5.11. The van der Waals surface area contributed by atoms with Gasteiger partial charge in [-0.1, -0.05) is 0 Å². The van der Waals surface area contributed by atoms with Gasteiger partial charge in [-0.25, -0.2) is 0 Å². The summed E-state index contributed by atoms with van der Waals surface area (Å²) in [5, 5.41) is 2.72. The number of benzene rings is 1. The molecule has 122 valence electrons. The predicted molar refractivity (Wildman–Crippen MR) is 84.8 cm³/mol. The minimum atomic E-state index is -0.297. The van der Waals surface area contributed by atoms with Crippen LogP contribution in [0.1, 0.15) is 16.2 Å². The first kappa shape index (κ1) is 16.9. The van der Waals surface area contributed by atoms with Gasteiger partial charge in [0.2, 0.25) is 0 Å². The fraction of sp³-hybridized carbons (Fsp3) is 0.286. The summed E-state index contributed by atoms with van der Waals surface area (Å²) in [7, 11) is 4.41. The van der Waals surface area contributed by atoms with Crippen LogP contribution in [0.3, 0.4) is 0 Å². The lowest BCUT2D eigenvalue weighted by molar-refractivity contribution is 0.0948. The van der Waals surface area contributed by atoms with Gasteiger partial charge < -0.3 is 19.5 Å². The van der Waals surface area contributed by atoms with E-state index in [1.54, 1.807) is 18.2 Å². The van der Waals surface area contributed by atoms with Gasteiger partial charge in [0.05, 0.1) is 33.4 Å². The number of amides is 1. The summed E-state index contributed by atoms with van der Waals surface area (Å²) in [5.74, 6) is 0.608. The van der Waals surface area contributed by atoms with E-state index >= 15 is 0 Å². The number of hydrogen-bond acceptors (Lipinski definition) is 7. The number of halogens is 1. The molecule has 0 atom stereocenters. The molecule has 1 amide bonds. The van der Waals surface area contributed by atoms with Gasteiger partial charge in [0.25, 0.3) is 5.91 Å². The van der Waals surface area contributed by atoms with E-state index in [-0.39, 0.29) is 24.5 Å². The molecule has 0 radical (unpaired) electrons. The summed E-state index contributed by atoms with van der Waals surface area (Å²) >= 11 is 3.33. The Kier molecular flexibility index (Phi) is 5.69. The van der Waals surface area contributed by atoms with E-state index in [0.29, 0.717) is 21.6 Å². The molecule has 23 heavy (non-hydrogen) atoms. The molecule has 0 aliphatic heterocycles. The Morgan fingerprint density at radius 3 is 2.30 bits per heavy atom. The number of hydrogen-bond donors (Lipinski definition) is 1. The van der Waals surface area contributed by atoms with Crippen LogP contribution >= 0.6 is 15.9 Å². The number of carbonyl (C=O) groups excluding carboxylic acids is 1. The number of methoxy groups -OCH3 is 3. The van der Waals surface area contributed by atoms with Crippen molar-refractivity contribution in [1.82, 2.24) is 20.3 Å². The quantitative estimate of drug-likeness (QED) is 0.809. The zero-order chi connectivity index (χ0) is 16.8. The number of ether oxygens (including phenoxy) is 3. The Balaban J connectivity index is 2.13. The first-order valence-electron chi connectivity index (χ1n) is 6.52. The molecule has 0 aliphatic carbocycles. The second kappa shape index (κ2) is 7.73. The standard InChI is InChI=1S/C14H15BrN4O4/c1-21-8-4-5-10(15)9(6-8)12(20)16-7-11-17-13(22-2)19-14(18-11)23-3/h4-6H,7H2,1-3H3,(H,16,20). The molecule has 0 fully saturated rings. The molecular weight excluding hydrogens is 368 g/mol. The molecule has 0 saturated heterocycles. The Labute approximate surface area is 141 Å². The second-order valence-electron chi connectivity index (χ2n) is 4.25. The summed E-state index contributed by atoms with van der Waals surface area (Å²) < 4.78 is 15.7. The molecular formula is C14H15BrN4O4. The van der Waals surface area contributed by atoms with Crippen molar-refractivity contribution >= 4 is 21.8 Å². The number of nitrogens with zero attached hydrogens (tertiary/aromatic N) is 3. The molecule has 0 bridgehead atoms. The zero-order valence-corrected chi connectivity index (χ0v) is 14.4. The van der Waals surface area contributed by atoms with E-state index in [2.05, 4.69) is 36.2 Å². The Morgan fingerprint density at radius 1 is 1.09 bits per heavy atom. The van der Waals surface area contributed by atoms with E-state index < -0.39 is 0 Å². The SMILES string of the molecule is COc1ccc(Br)c(C(=O)NCc2nc(OC)nc(OC)n2)c1. The average Bonchev–Trinajstić information content (AvgIpc) is 2.59. The van der Waals surface area contributed by atoms with Crippen LogP contribution in [0.25, 0.3) is 0 Å². The van der Waals surface area contributed by atoms with Gasteiger partial charge in [0.15, 0.2) is 5.82 Å². The number of carbonyl (C=O) groups is 1. The third kappa shape index (κ3) is 4.28. The fourth-order valence-electron chi connectivity index (χ4n) is 1.70. The molecule has 2 aromatic rings. The lowest BCUT2D eigenvalue weighted by Gasteiger charge is -2.09. The highest BCUT2D eigenvalue weighted by molar-refractivity contribution is 9.10. The van der Waals surface area contributed by atoms with Crippen molar-refractivity contribution in [2.24, 2.45) is 0 Å². The van der Waals surface area contributed by atoms with Gasteiger partial charge >= 0.3 is 12.0 Å². The van der Waals surface area contributed by atoms with Crippen LogP contribution in [-0.4, -0.2) is 42.2 Å². The van der Waals surface area contributed by atoms with Crippen molar-refractivity contribution in [1.29, 1.82) is 0 Å². The van der Waals surface area contributed by atoms with Crippen molar-refractivity contribution in [3.8, 4) is 17.8 Å². The largest absolute Gasteiger partial charge is 0.497 e. The van der Waals surface area contributed by atoms with Crippen LogP contribution in [0, 0.1) is 0 Å². The summed E-state index contributed by atoms with van der Waals surface area (Å²) in [5.41, 5.74) is 0.442. The van der Waals surface area contributed by atoms with Crippen LogP contribution in [0.4, 0.5) is 0 Å². The molecule has 1 aromatic heterocycles. The normalized spacial score (nSPS) is 10.1. The topological polar surface area (TPSA) is 95.5 Å². The van der Waals surface area contributed by atoms with E-state index in [1.165, 1.54) is 21.3 Å². The minimum absolute atomic E-state index is 0.0950. The lowest BCUT2D eigenvalue weighted by Crippen LogP contribution is -2.24. The van der Waals surface area contributed by atoms with Crippen molar-refractivity contribution in [3.05, 3.63) is 34.1 Å². The van der Waals surface area contributed by atoms with Gasteiger partial charge in [-0.3, -0.25) is 4.79 Å². The lowest BCUT2D eigenvalue weighted by atomic mass is 10.2. The van der Waals surface area contributed by atoms with Crippen LogP contribution in [0.5, 0.6) is 17.8 Å². The Bertz CT molecular complexity index is 689. The monoisotopic (exact) mass is 382 g/mol. The van der Waals surface area contributed by atoms with Gasteiger partial charge in [0.1, 0.15) is 5.75 Å². The molecule has 1 heterocycles. The molecule has 1 aromatic carbocycles. The van der Waals surface area contributed by atoms with E-state index in [9.17, 15) is 4.79 Å². The van der Waals surface area contributed by atoms with Crippen LogP contribution in [-0.2, 0) is 6.54 Å². The molecule has 0 spiro atoms. The molecule has 2 rings (SSSR count). The number of nitrogens with one attached hydrogen (secondary N) is 1. The first-order chi connectivity index (χ1) is 11.1.